The number of anilines is 1. The van der Waals surface area contributed by atoms with Gasteiger partial charge in [-0.05, 0) is 24.1 Å². The summed E-state index contributed by atoms with van der Waals surface area (Å²) in [5, 5.41) is 0. The Morgan fingerprint density at radius 3 is 2.44 bits per heavy atom. The van der Waals surface area contributed by atoms with Gasteiger partial charge in [0.25, 0.3) is 0 Å². The first-order chi connectivity index (χ1) is 7.30. The van der Waals surface area contributed by atoms with Crippen molar-refractivity contribution in [1.29, 1.82) is 0 Å². The van der Waals surface area contributed by atoms with Gasteiger partial charge in [-0.15, -0.1) is 11.8 Å². The van der Waals surface area contributed by atoms with Gasteiger partial charge in [-0.3, -0.25) is 0 Å². The number of benzene rings is 1. The van der Waals surface area contributed by atoms with Crippen molar-refractivity contribution in [3.63, 3.8) is 0 Å². The summed E-state index contributed by atoms with van der Waals surface area (Å²) in [6, 6.07) is 3.70. The summed E-state index contributed by atoms with van der Waals surface area (Å²) in [4.78, 5) is 0.209. The summed E-state index contributed by atoms with van der Waals surface area (Å²) >= 11 is 1.20. The van der Waals surface area contributed by atoms with Crippen LogP contribution in [0.1, 0.15) is 19.4 Å². The van der Waals surface area contributed by atoms with Crippen molar-refractivity contribution in [2.45, 2.75) is 24.9 Å². The third-order valence-electron chi connectivity index (χ3n) is 1.88. The van der Waals surface area contributed by atoms with Crippen LogP contribution in [0.4, 0.5) is 18.9 Å². The van der Waals surface area contributed by atoms with Crippen molar-refractivity contribution in [3.05, 3.63) is 23.8 Å². The van der Waals surface area contributed by atoms with Crippen molar-refractivity contribution >= 4 is 17.4 Å². The molecule has 16 heavy (non-hydrogen) atoms. The summed E-state index contributed by atoms with van der Waals surface area (Å²) in [5.74, 6) is 0.986. The second kappa shape index (κ2) is 4.99. The van der Waals surface area contributed by atoms with Gasteiger partial charge in [0, 0.05) is 16.3 Å². The lowest BCUT2D eigenvalue weighted by molar-refractivity contribution is -0.139. The third kappa shape index (κ3) is 3.63. The Hall–Kier alpha value is -0.840. The summed E-state index contributed by atoms with van der Waals surface area (Å²) in [6.45, 7) is 3.93. The van der Waals surface area contributed by atoms with E-state index < -0.39 is 11.7 Å². The Balaban J connectivity index is 2.99. The van der Waals surface area contributed by atoms with Crippen LogP contribution < -0.4 is 5.73 Å². The molecule has 1 rings (SSSR count). The van der Waals surface area contributed by atoms with Gasteiger partial charge < -0.3 is 5.73 Å². The van der Waals surface area contributed by atoms with E-state index >= 15 is 0 Å². The molecule has 0 saturated heterocycles. The van der Waals surface area contributed by atoms with Crippen LogP contribution in [0.15, 0.2) is 23.1 Å². The largest absolute Gasteiger partial charge is 0.417 e. The zero-order chi connectivity index (χ0) is 12.3. The Bertz CT molecular complexity index is 361. The van der Waals surface area contributed by atoms with Crippen LogP contribution in [-0.2, 0) is 6.18 Å². The molecule has 0 amide bonds. The molecule has 0 fully saturated rings. The summed E-state index contributed by atoms with van der Waals surface area (Å²) < 4.78 is 38.0. The fourth-order valence-electron chi connectivity index (χ4n) is 1.15. The van der Waals surface area contributed by atoms with E-state index in [1.165, 1.54) is 23.9 Å². The average Bonchev–Trinajstić information content (AvgIpc) is 2.12. The van der Waals surface area contributed by atoms with Crippen molar-refractivity contribution in [3.8, 4) is 0 Å². The molecule has 0 radical (unpaired) electrons. The molecule has 0 aliphatic rings. The molecule has 90 valence electrons. The standard InChI is InChI=1S/C11H14F3NS/c1-7(2)6-16-10-5-8(15)3-4-9(10)11(12,13)14/h3-5,7H,6,15H2,1-2H3. The minimum Gasteiger partial charge on any atom is -0.399 e. The van der Waals surface area contributed by atoms with Gasteiger partial charge in [-0.2, -0.15) is 13.2 Å². The average molecular weight is 249 g/mol. The zero-order valence-electron chi connectivity index (χ0n) is 9.14. The van der Waals surface area contributed by atoms with Crippen LogP contribution >= 0.6 is 11.8 Å². The SMILES string of the molecule is CC(C)CSc1cc(N)ccc1C(F)(F)F. The van der Waals surface area contributed by atoms with Crippen molar-refractivity contribution in [2.75, 3.05) is 11.5 Å². The first-order valence-electron chi connectivity index (χ1n) is 4.90. The maximum absolute atomic E-state index is 12.7. The Morgan fingerprint density at radius 1 is 1.31 bits per heavy atom. The molecule has 0 bridgehead atoms. The van der Waals surface area contributed by atoms with E-state index in [-0.39, 0.29) is 4.90 Å². The fourth-order valence-corrected chi connectivity index (χ4v) is 2.22. The second-order valence-electron chi connectivity index (χ2n) is 3.96. The van der Waals surface area contributed by atoms with Crippen LogP contribution in [0.2, 0.25) is 0 Å². The maximum Gasteiger partial charge on any atom is 0.417 e. The lowest BCUT2D eigenvalue weighted by Crippen LogP contribution is -2.07. The van der Waals surface area contributed by atoms with E-state index in [1.54, 1.807) is 0 Å². The van der Waals surface area contributed by atoms with Gasteiger partial charge in [0.2, 0.25) is 0 Å². The molecular formula is C11H14F3NS. The molecule has 0 atom stereocenters. The highest BCUT2D eigenvalue weighted by atomic mass is 32.2. The molecule has 0 aliphatic heterocycles. The Labute approximate surface area is 97.2 Å². The van der Waals surface area contributed by atoms with Gasteiger partial charge in [-0.1, -0.05) is 13.8 Å². The molecule has 2 N–H and O–H groups in total. The number of alkyl halides is 3. The first-order valence-corrected chi connectivity index (χ1v) is 5.89. The zero-order valence-corrected chi connectivity index (χ0v) is 9.95. The quantitative estimate of drug-likeness (QED) is 0.646. The van der Waals surface area contributed by atoms with Gasteiger partial charge in [0.15, 0.2) is 0 Å². The van der Waals surface area contributed by atoms with Crippen molar-refractivity contribution < 1.29 is 13.2 Å². The highest BCUT2D eigenvalue weighted by Crippen LogP contribution is 2.38. The molecule has 0 heterocycles. The van der Waals surface area contributed by atoms with Crippen LogP contribution in [0.5, 0.6) is 0 Å². The first kappa shape index (κ1) is 13.2. The van der Waals surface area contributed by atoms with E-state index in [9.17, 15) is 13.2 Å². The maximum atomic E-state index is 12.7. The third-order valence-corrected chi connectivity index (χ3v) is 3.37. The number of hydrogen-bond acceptors (Lipinski definition) is 2. The van der Waals surface area contributed by atoms with Gasteiger partial charge in [-0.25, -0.2) is 0 Å². The number of nitrogens with two attached hydrogens (primary N) is 1. The van der Waals surface area contributed by atoms with E-state index in [0.29, 0.717) is 17.4 Å². The van der Waals surface area contributed by atoms with E-state index in [4.69, 9.17) is 5.73 Å². The lowest BCUT2D eigenvalue weighted by Gasteiger charge is -2.13. The minimum atomic E-state index is -4.31. The molecule has 0 spiro atoms. The highest BCUT2D eigenvalue weighted by Gasteiger charge is 2.33. The summed E-state index contributed by atoms with van der Waals surface area (Å²) in [6.07, 6.45) is -4.31. The lowest BCUT2D eigenvalue weighted by atomic mass is 10.2. The van der Waals surface area contributed by atoms with E-state index in [1.807, 2.05) is 13.8 Å². The molecule has 0 aromatic heterocycles. The van der Waals surface area contributed by atoms with Gasteiger partial charge in [0.05, 0.1) is 5.56 Å². The number of hydrogen-bond donors (Lipinski definition) is 1. The number of halogens is 3. The molecule has 0 unspecified atom stereocenters. The number of rotatable bonds is 3. The van der Waals surface area contributed by atoms with Gasteiger partial charge in [0.1, 0.15) is 0 Å². The van der Waals surface area contributed by atoms with Crippen LogP contribution in [0, 0.1) is 5.92 Å². The van der Waals surface area contributed by atoms with Crippen molar-refractivity contribution in [2.24, 2.45) is 5.92 Å². The molecule has 1 aromatic rings. The van der Waals surface area contributed by atoms with Crippen LogP contribution in [-0.4, -0.2) is 5.75 Å². The van der Waals surface area contributed by atoms with E-state index in [2.05, 4.69) is 0 Å². The topological polar surface area (TPSA) is 26.0 Å². The van der Waals surface area contributed by atoms with Crippen LogP contribution in [0.25, 0.3) is 0 Å². The molecule has 1 aromatic carbocycles. The Kier molecular flexibility index (Phi) is 4.13. The highest BCUT2D eigenvalue weighted by molar-refractivity contribution is 7.99. The number of nitrogen functional groups attached to an aromatic ring is 1. The molecule has 1 nitrogen and oxygen atoms in total. The van der Waals surface area contributed by atoms with E-state index in [0.717, 1.165) is 6.07 Å². The smallest absolute Gasteiger partial charge is 0.399 e. The molecule has 0 aliphatic carbocycles. The normalized spacial score (nSPS) is 12.1. The summed E-state index contributed by atoms with van der Waals surface area (Å²) in [7, 11) is 0. The van der Waals surface area contributed by atoms with Gasteiger partial charge >= 0.3 is 6.18 Å². The predicted octanol–water partition coefficient (Wildman–Crippen LogP) is 4.04. The molecular weight excluding hydrogens is 235 g/mol. The summed E-state index contributed by atoms with van der Waals surface area (Å²) in [5.41, 5.74) is 5.25. The molecule has 0 saturated carbocycles. The monoisotopic (exact) mass is 249 g/mol. The minimum absolute atomic E-state index is 0.209. The second-order valence-corrected chi connectivity index (χ2v) is 5.02. The predicted molar refractivity (Wildman–Crippen MR) is 61.4 cm³/mol. The van der Waals surface area contributed by atoms with Crippen LogP contribution in [0.3, 0.4) is 0 Å². The molecule has 5 heteroatoms. The van der Waals surface area contributed by atoms with Crippen molar-refractivity contribution in [1.82, 2.24) is 0 Å². The number of thioether (sulfide) groups is 1. The fraction of sp³-hybridized carbons (Fsp3) is 0.455. The Morgan fingerprint density at radius 2 is 1.94 bits per heavy atom.